The van der Waals surface area contributed by atoms with Gasteiger partial charge in [0.25, 0.3) is 0 Å². The van der Waals surface area contributed by atoms with Crippen LogP contribution in [0.4, 0.5) is 0 Å². The molecule has 1 saturated heterocycles. The second-order valence-corrected chi connectivity index (χ2v) is 3.83. The smallest absolute Gasteiger partial charge is 0.0745 e. The lowest BCUT2D eigenvalue weighted by molar-refractivity contribution is 0.0333. The Labute approximate surface area is 80.7 Å². The Hall–Kier alpha value is -0.120. The predicted molar refractivity (Wildman–Crippen MR) is 52.8 cm³/mol. The highest BCUT2D eigenvalue weighted by Crippen LogP contribution is 2.07. The molecule has 0 saturated carbocycles. The van der Waals surface area contributed by atoms with Crippen molar-refractivity contribution in [2.75, 3.05) is 32.8 Å². The first kappa shape index (κ1) is 11.0. The molecule has 3 heteroatoms. The van der Waals surface area contributed by atoms with Gasteiger partial charge in [0, 0.05) is 6.54 Å². The van der Waals surface area contributed by atoms with E-state index in [0.717, 1.165) is 13.2 Å². The van der Waals surface area contributed by atoms with Crippen molar-refractivity contribution in [2.45, 2.75) is 32.3 Å². The number of piperidine rings is 1. The average molecular weight is 187 g/mol. The number of ether oxygens (including phenoxy) is 1. The molecule has 1 atom stereocenters. The summed E-state index contributed by atoms with van der Waals surface area (Å²) in [5, 5.41) is 8.95. The third kappa shape index (κ3) is 5.24. The molecule has 1 N–H and O–H groups in total. The summed E-state index contributed by atoms with van der Waals surface area (Å²) in [6.45, 7) is 6.43. The first-order valence-corrected chi connectivity index (χ1v) is 5.27. The van der Waals surface area contributed by atoms with Gasteiger partial charge in [0.2, 0.25) is 0 Å². The SMILES string of the molecule is CC(O)COCCN1CCCCC1. The number of aliphatic hydroxyl groups excluding tert-OH is 1. The predicted octanol–water partition coefficient (Wildman–Crippen LogP) is 0.870. The highest BCUT2D eigenvalue weighted by molar-refractivity contribution is 4.63. The average Bonchev–Trinajstić information content (AvgIpc) is 2.14. The molecular weight excluding hydrogens is 166 g/mol. The van der Waals surface area contributed by atoms with Crippen LogP contribution in [-0.4, -0.2) is 49.0 Å². The standard InChI is InChI=1S/C10H21NO2/c1-10(12)9-13-8-7-11-5-3-2-4-6-11/h10,12H,2-9H2,1H3. The van der Waals surface area contributed by atoms with Gasteiger partial charge in [-0.15, -0.1) is 0 Å². The minimum Gasteiger partial charge on any atom is -0.391 e. The second kappa shape index (κ2) is 6.35. The van der Waals surface area contributed by atoms with Crippen molar-refractivity contribution in [2.24, 2.45) is 0 Å². The van der Waals surface area contributed by atoms with E-state index in [1.54, 1.807) is 6.92 Å². The summed E-state index contributed by atoms with van der Waals surface area (Å²) in [6.07, 6.45) is 3.71. The van der Waals surface area contributed by atoms with Crippen molar-refractivity contribution >= 4 is 0 Å². The molecule has 0 aliphatic carbocycles. The molecule has 1 aliphatic heterocycles. The maximum Gasteiger partial charge on any atom is 0.0745 e. The van der Waals surface area contributed by atoms with E-state index in [2.05, 4.69) is 4.90 Å². The molecular formula is C10H21NO2. The van der Waals surface area contributed by atoms with Gasteiger partial charge in [-0.05, 0) is 32.9 Å². The third-order valence-electron chi connectivity index (χ3n) is 2.36. The topological polar surface area (TPSA) is 32.7 Å². The number of hydrogen-bond donors (Lipinski definition) is 1. The van der Waals surface area contributed by atoms with Crippen LogP contribution in [0.25, 0.3) is 0 Å². The molecule has 0 aromatic carbocycles. The van der Waals surface area contributed by atoms with Crippen LogP contribution in [0.1, 0.15) is 26.2 Å². The zero-order chi connectivity index (χ0) is 9.52. The monoisotopic (exact) mass is 187 g/mol. The van der Waals surface area contributed by atoms with Crippen molar-refractivity contribution in [3.05, 3.63) is 0 Å². The van der Waals surface area contributed by atoms with E-state index in [9.17, 15) is 0 Å². The van der Waals surface area contributed by atoms with Crippen LogP contribution in [0, 0.1) is 0 Å². The first-order chi connectivity index (χ1) is 6.29. The van der Waals surface area contributed by atoms with Crippen LogP contribution < -0.4 is 0 Å². The van der Waals surface area contributed by atoms with Crippen LogP contribution >= 0.6 is 0 Å². The molecule has 0 aromatic rings. The van der Waals surface area contributed by atoms with Gasteiger partial charge >= 0.3 is 0 Å². The lowest BCUT2D eigenvalue weighted by Crippen LogP contribution is -2.33. The van der Waals surface area contributed by atoms with Gasteiger partial charge in [0.05, 0.1) is 19.3 Å². The Kier molecular flexibility index (Phi) is 5.35. The minimum atomic E-state index is -0.332. The van der Waals surface area contributed by atoms with Crippen molar-refractivity contribution in [1.29, 1.82) is 0 Å². The highest BCUT2D eigenvalue weighted by Gasteiger charge is 2.08. The number of aliphatic hydroxyl groups is 1. The molecule has 3 nitrogen and oxygen atoms in total. The number of nitrogens with zero attached hydrogens (tertiary/aromatic N) is 1. The van der Waals surface area contributed by atoms with Crippen LogP contribution in [0.2, 0.25) is 0 Å². The maximum atomic E-state index is 8.95. The van der Waals surface area contributed by atoms with Gasteiger partial charge in [-0.1, -0.05) is 6.42 Å². The molecule has 0 aromatic heterocycles. The molecule has 1 heterocycles. The van der Waals surface area contributed by atoms with Crippen LogP contribution in [0.5, 0.6) is 0 Å². The Morgan fingerprint density at radius 1 is 1.31 bits per heavy atom. The summed E-state index contributed by atoms with van der Waals surface area (Å²) in [5.74, 6) is 0. The van der Waals surface area contributed by atoms with Crippen molar-refractivity contribution in [1.82, 2.24) is 4.90 Å². The van der Waals surface area contributed by atoms with Gasteiger partial charge < -0.3 is 14.7 Å². The molecule has 78 valence electrons. The lowest BCUT2D eigenvalue weighted by atomic mass is 10.1. The fourth-order valence-electron chi connectivity index (χ4n) is 1.63. The quantitative estimate of drug-likeness (QED) is 0.648. The van der Waals surface area contributed by atoms with Gasteiger partial charge in [0.15, 0.2) is 0 Å². The zero-order valence-corrected chi connectivity index (χ0v) is 8.54. The molecule has 0 bridgehead atoms. The number of rotatable bonds is 5. The van der Waals surface area contributed by atoms with Crippen LogP contribution in [0.3, 0.4) is 0 Å². The van der Waals surface area contributed by atoms with E-state index in [-0.39, 0.29) is 6.10 Å². The van der Waals surface area contributed by atoms with Gasteiger partial charge in [0.1, 0.15) is 0 Å². The molecule has 0 radical (unpaired) electrons. The summed E-state index contributed by atoms with van der Waals surface area (Å²) in [7, 11) is 0. The van der Waals surface area contributed by atoms with E-state index in [0.29, 0.717) is 6.61 Å². The third-order valence-corrected chi connectivity index (χ3v) is 2.36. The molecule has 1 unspecified atom stereocenters. The first-order valence-electron chi connectivity index (χ1n) is 5.27. The largest absolute Gasteiger partial charge is 0.391 e. The van der Waals surface area contributed by atoms with Gasteiger partial charge in [-0.2, -0.15) is 0 Å². The Balaban J connectivity index is 1.92. The van der Waals surface area contributed by atoms with Crippen LogP contribution in [0.15, 0.2) is 0 Å². The normalized spacial score (nSPS) is 21.7. The fourth-order valence-corrected chi connectivity index (χ4v) is 1.63. The molecule has 13 heavy (non-hydrogen) atoms. The van der Waals surface area contributed by atoms with Crippen molar-refractivity contribution < 1.29 is 9.84 Å². The number of hydrogen-bond acceptors (Lipinski definition) is 3. The molecule has 1 rings (SSSR count). The zero-order valence-electron chi connectivity index (χ0n) is 8.54. The maximum absolute atomic E-state index is 8.95. The fraction of sp³-hybridized carbons (Fsp3) is 1.00. The summed E-state index contributed by atoms with van der Waals surface area (Å²) in [5.41, 5.74) is 0. The van der Waals surface area contributed by atoms with Crippen molar-refractivity contribution in [3.63, 3.8) is 0 Å². The second-order valence-electron chi connectivity index (χ2n) is 3.83. The summed E-state index contributed by atoms with van der Waals surface area (Å²) in [6, 6.07) is 0. The number of likely N-dealkylation sites (tertiary alicyclic amines) is 1. The highest BCUT2D eigenvalue weighted by atomic mass is 16.5. The molecule has 1 aliphatic rings. The van der Waals surface area contributed by atoms with Gasteiger partial charge in [-0.3, -0.25) is 0 Å². The van der Waals surface area contributed by atoms with E-state index in [1.165, 1.54) is 32.4 Å². The minimum absolute atomic E-state index is 0.332. The van der Waals surface area contributed by atoms with Gasteiger partial charge in [-0.25, -0.2) is 0 Å². The van der Waals surface area contributed by atoms with E-state index < -0.39 is 0 Å². The summed E-state index contributed by atoms with van der Waals surface area (Å²) in [4.78, 5) is 2.44. The molecule has 0 spiro atoms. The Morgan fingerprint density at radius 3 is 2.62 bits per heavy atom. The summed E-state index contributed by atoms with van der Waals surface area (Å²) < 4.78 is 5.31. The van der Waals surface area contributed by atoms with Crippen molar-refractivity contribution in [3.8, 4) is 0 Å². The summed E-state index contributed by atoms with van der Waals surface area (Å²) >= 11 is 0. The molecule has 1 fully saturated rings. The van der Waals surface area contributed by atoms with E-state index in [4.69, 9.17) is 9.84 Å². The Morgan fingerprint density at radius 2 is 2.00 bits per heavy atom. The lowest BCUT2D eigenvalue weighted by Gasteiger charge is -2.26. The van der Waals surface area contributed by atoms with E-state index in [1.807, 2.05) is 0 Å². The van der Waals surface area contributed by atoms with Crippen LogP contribution in [-0.2, 0) is 4.74 Å². The molecule has 0 amide bonds. The van der Waals surface area contributed by atoms with E-state index >= 15 is 0 Å². The Bertz CT molecular complexity index is 122.